The Bertz CT molecular complexity index is 394. The molecular formula is C15H26O4Si. The van der Waals surface area contributed by atoms with Gasteiger partial charge in [0.25, 0.3) is 0 Å². The largest absolute Gasteiger partial charge is 0.507 e. The second kappa shape index (κ2) is 7.33. The molecule has 0 amide bonds. The van der Waals surface area contributed by atoms with Gasteiger partial charge in [-0.2, -0.15) is 0 Å². The first-order valence-electron chi connectivity index (χ1n) is 6.85. The standard InChI is InChI=1S/C15H26O4Si/c1-13(2)18-20(17-6,19-15(3,4)16-5)12-14-10-8-7-9-11-14/h7-11,13H,12H2,1-6H3. The monoisotopic (exact) mass is 298 g/mol. The van der Waals surface area contributed by atoms with E-state index in [2.05, 4.69) is 0 Å². The van der Waals surface area contributed by atoms with Crippen molar-refractivity contribution in [3.63, 3.8) is 0 Å². The average Bonchev–Trinajstić information content (AvgIpc) is 2.38. The molecule has 0 spiro atoms. The first kappa shape index (κ1) is 17.3. The third-order valence-electron chi connectivity index (χ3n) is 2.88. The van der Waals surface area contributed by atoms with Crippen LogP contribution in [0.1, 0.15) is 33.3 Å². The van der Waals surface area contributed by atoms with Crippen LogP contribution >= 0.6 is 0 Å². The summed E-state index contributed by atoms with van der Waals surface area (Å²) in [5.74, 6) is -0.744. The van der Waals surface area contributed by atoms with Gasteiger partial charge in [-0.15, -0.1) is 0 Å². The molecule has 0 N–H and O–H groups in total. The van der Waals surface area contributed by atoms with Gasteiger partial charge in [-0.25, -0.2) is 0 Å². The van der Waals surface area contributed by atoms with Crippen LogP contribution in [0, 0.1) is 0 Å². The van der Waals surface area contributed by atoms with E-state index in [1.165, 1.54) is 0 Å². The van der Waals surface area contributed by atoms with E-state index in [0.29, 0.717) is 6.04 Å². The van der Waals surface area contributed by atoms with E-state index in [1.807, 2.05) is 58.0 Å². The summed E-state index contributed by atoms with van der Waals surface area (Å²) >= 11 is 0. The van der Waals surface area contributed by atoms with E-state index < -0.39 is 14.6 Å². The van der Waals surface area contributed by atoms with Gasteiger partial charge in [0.1, 0.15) is 0 Å². The Morgan fingerprint density at radius 2 is 1.70 bits per heavy atom. The third kappa shape index (κ3) is 5.34. The number of ether oxygens (including phenoxy) is 1. The van der Waals surface area contributed by atoms with Crippen molar-refractivity contribution in [3.8, 4) is 0 Å². The van der Waals surface area contributed by atoms with Crippen molar-refractivity contribution in [1.82, 2.24) is 0 Å². The number of benzene rings is 1. The molecule has 0 saturated carbocycles. The molecule has 5 heteroatoms. The second-order valence-electron chi connectivity index (χ2n) is 5.42. The molecule has 0 aromatic heterocycles. The third-order valence-corrected chi connectivity index (χ3v) is 5.98. The van der Waals surface area contributed by atoms with E-state index in [0.717, 1.165) is 5.56 Å². The van der Waals surface area contributed by atoms with Crippen LogP contribution in [0.5, 0.6) is 0 Å². The maximum absolute atomic E-state index is 6.11. The van der Waals surface area contributed by atoms with Crippen LogP contribution in [0.25, 0.3) is 0 Å². The molecule has 0 aliphatic carbocycles. The van der Waals surface area contributed by atoms with Gasteiger partial charge in [0.2, 0.25) is 0 Å². The Kier molecular flexibility index (Phi) is 6.35. The van der Waals surface area contributed by atoms with Gasteiger partial charge in [-0.1, -0.05) is 30.3 Å². The molecule has 0 bridgehead atoms. The molecule has 1 aromatic rings. The summed E-state index contributed by atoms with van der Waals surface area (Å²) < 4.78 is 23.2. The number of rotatable bonds is 8. The number of methoxy groups -OCH3 is 1. The molecule has 1 atom stereocenters. The highest BCUT2D eigenvalue weighted by Gasteiger charge is 2.46. The summed E-state index contributed by atoms with van der Waals surface area (Å²) in [6.45, 7) is 7.69. The molecule has 1 unspecified atom stereocenters. The second-order valence-corrected chi connectivity index (χ2v) is 7.99. The van der Waals surface area contributed by atoms with Gasteiger partial charge in [0, 0.05) is 26.4 Å². The van der Waals surface area contributed by atoms with Crippen molar-refractivity contribution in [2.75, 3.05) is 14.2 Å². The Labute approximate surface area is 123 Å². The summed E-state index contributed by atoms with van der Waals surface area (Å²) in [6, 6.07) is 10.7. The molecule has 114 valence electrons. The van der Waals surface area contributed by atoms with Gasteiger partial charge in [-0.3, -0.25) is 0 Å². The van der Waals surface area contributed by atoms with Crippen LogP contribution < -0.4 is 0 Å². The molecule has 0 saturated heterocycles. The first-order valence-corrected chi connectivity index (χ1v) is 8.78. The van der Waals surface area contributed by atoms with Crippen LogP contribution in [0.2, 0.25) is 0 Å². The first-order chi connectivity index (χ1) is 9.32. The predicted molar refractivity (Wildman–Crippen MR) is 81.3 cm³/mol. The van der Waals surface area contributed by atoms with Gasteiger partial charge < -0.3 is 18.0 Å². The Morgan fingerprint density at radius 3 is 2.15 bits per heavy atom. The molecule has 20 heavy (non-hydrogen) atoms. The van der Waals surface area contributed by atoms with Crippen LogP contribution in [-0.2, 0) is 24.1 Å². The highest BCUT2D eigenvalue weighted by Crippen LogP contribution is 2.24. The fourth-order valence-electron chi connectivity index (χ4n) is 1.88. The molecule has 1 rings (SSSR count). The molecule has 0 fully saturated rings. The van der Waals surface area contributed by atoms with Crippen LogP contribution in [0.3, 0.4) is 0 Å². The van der Waals surface area contributed by atoms with Crippen LogP contribution in [0.4, 0.5) is 0 Å². The Hall–Kier alpha value is -0.723. The highest BCUT2D eigenvalue weighted by atomic mass is 28.4. The van der Waals surface area contributed by atoms with E-state index in [1.54, 1.807) is 14.2 Å². The SMILES string of the molecule is COC(C)(C)O[Si](Cc1ccccc1)(OC)OC(C)C. The average molecular weight is 298 g/mol. The fourth-order valence-corrected chi connectivity index (χ4v) is 4.70. The maximum Gasteiger partial charge on any atom is 0.507 e. The minimum Gasteiger partial charge on any atom is -0.377 e. The summed E-state index contributed by atoms with van der Waals surface area (Å²) in [5.41, 5.74) is 1.13. The minimum atomic E-state index is -2.85. The predicted octanol–water partition coefficient (Wildman–Crippen LogP) is 3.18. The van der Waals surface area contributed by atoms with Gasteiger partial charge in [0.15, 0.2) is 5.79 Å². The fraction of sp³-hybridized carbons (Fsp3) is 0.600. The molecule has 4 nitrogen and oxygen atoms in total. The van der Waals surface area contributed by atoms with Gasteiger partial charge in [0.05, 0.1) is 0 Å². The zero-order chi connectivity index (χ0) is 15.2. The van der Waals surface area contributed by atoms with E-state index in [-0.39, 0.29) is 6.10 Å². The van der Waals surface area contributed by atoms with E-state index in [4.69, 9.17) is 18.0 Å². The lowest BCUT2D eigenvalue weighted by Crippen LogP contribution is -2.54. The van der Waals surface area contributed by atoms with E-state index in [9.17, 15) is 0 Å². The van der Waals surface area contributed by atoms with Crippen molar-refractivity contribution in [3.05, 3.63) is 35.9 Å². The normalized spacial score (nSPS) is 15.3. The summed E-state index contributed by atoms with van der Waals surface area (Å²) in [5, 5.41) is 0. The number of hydrogen-bond donors (Lipinski definition) is 0. The van der Waals surface area contributed by atoms with Crippen molar-refractivity contribution >= 4 is 8.80 Å². The quantitative estimate of drug-likeness (QED) is 0.545. The molecule has 0 aliphatic heterocycles. The molecule has 0 radical (unpaired) electrons. The van der Waals surface area contributed by atoms with Crippen LogP contribution in [0.15, 0.2) is 30.3 Å². The van der Waals surface area contributed by atoms with Crippen molar-refractivity contribution in [2.45, 2.75) is 45.6 Å². The van der Waals surface area contributed by atoms with Crippen LogP contribution in [-0.4, -0.2) is 34.9 Å². The molecule has 0 heterocycles. The molecule has 1 aromatic carbocycles. The Morgan fingerprint density at radius 1 is 1.10 bits per heavy atom. The zero-order valence-corrected chi connectivity index (χ0v) is 14.3. The zero-order valence-electron chi connectivity index (χ0n) is 13.3. The minimum absolute atomic E-state index is 0.0259. The highest BCUT2D eigenvalue weighted by molar-refractivity contribution is 6.60. The van der Waals surface area contributed by atoms with Crippen molar-refractivity contribution in [2.24, 2.45) is 0 Å². The summed E-state index contributed by atoms with van der Waals surface area (Å²) in [4.78, 5) is 0. The van der Waals surface area contributed by atoms with E-state index >= 15 is 0 Å². The summed E-state index contributed by atoms with van der Waals surface area (Å²) in [6.07, 6.45) is 0.0259. The lowest BCUT2D eigenvalue weighted by Gasteiger charge is -2.36. The lowest BCUT2D eigenvalue weighted by atomic mass is 10.2. The van der Waals surface area contributed by atoms with Gasteiger partial charge in [-0.05, 0) is 33.3 Å². The Balaban J connectivity index is 2.98. The topological polar surface area (TPSA) is 36.9 Å². The lowest BCUT2D eigenvalue weighted by molar-refractivity contribution is -0.171. The van der Waals surface area contributed by atoms with Crippen molar-refractivity contribution in [1.29, 1.82) is 0 Å². The van der Waals surface area contributed by atoms with Crippen molar-refractivity contribution < 1.29 is 18.0 Å². The maximum atomic E-state index is 6.11. The summed E-state index contributed by atoms with van der Waals surface area (Å²) in [7, 11) is 0.405. The molecule has 0 aliphatic rings. The smallest absolute Gasteiger partial charge is 0.377 e. The number of hydrogen-bond acceptors (Lipinski definition) is 4. The molecular weight excluding hydrogens is 272 g/mol. The van der Waals surface area contributed by atoms with Gasteiger partial charge >= 0.3 is 8.80 Å².